The Hall–Kier alpha value is -3.09. The molecule has 0 spiro atoms. The molecule has 1 heterocycles. The number of aliphatic carboxylic acids is 1. The van der Waals surface area contributed by atoms with Crippen molar-refractivity contribution in [2.45, 2.75) is 19.4 Å². The monoisotopic (exact) mass is 315 g/mol. The fourth-order valence-electron chi connectivity index (χ4n) is 1.67. The van der Waals surface area contributed by atoms with E-state index in [0.717, 1.165) is 0 Å². The van der Waals surface area contributed by atoms with Crippen LogP contribution in [0.5, 0.6) is 5.75 Å². The minimum Gasteiger partial charge on any atom is -0.478 e. The molecule has 0 aliphatic rings. The third-order valence-corrected chi connectivity index (χ3v) is 2.92. The highest BCUT2D eigenvalue weighted by Gasteiger charge is 2.29. The number of anilines is 2. The average Bonchev–Trinajstić information content (AvgIpc) is 2.50. The fraction of sp³-hybridized carbons (Fsp3) is 0.188. The van der Waals surface area contributed by atoms with Gasteiger partial charge in [0.1, 0.15) is 5.75 Å². The molecule has 0 saturated heterocycles. The molecule has 2 rings (SSSR count). The summed E-state index contributed by atoms with van der Waals surface area (Å²) in [5.74, 6) is -0.661. The van der Waals surface area contributed by atoms with Crippen molar-refractivity contribution in [3.63, 3.8) is 0 Å². The maximum absolute atomic E-state index is 11.8. The maximum atomic E-state index is 11.8. The van der Waals surface area contributed by atoms with Crippen molar-refractivity contribution in [3.05, 3.63) is 48.8 Å². The van der Waals surface area contributed by atoms with Gasteiger partial charge in [-0.1, -0.05) is 0 Å². The normalized spacial score (nSPS) is 10.7. The van der Waals surface area contributed by atoms with Crippen molar-refractivity contribution in [3.8, 4) is 5.75 Å². The molecule has 0 bridgehead atoms. The molecule has 0 aliphatic carbocycles. The Kier molecular flexibility index (Phi) is 4.80. The number of nitrogens with one attached hydrogen (secondary N) is 2. The number of urea groups is 1. The van der Waals surface area contributed by atoms with Gasteiger partial charge < -0.3 is 20.5 Å². The molecule has 2 amide bonds. The lowest BCUT2D eigenvalue weighted by Crippen LogP contribution is -2.37. The zero-order chi connectivity index (χ0) is 16.9. The highest BCUT2D eigenvalue weighted by molar-refractivity contribution is 5.99. The van der Waals surface area contributed by atoms with Crippen molar-refractivity contribution in [2.75, 3.05) is 10.6 Å². The Bertz CT molecular complexity index is 684. The minimum absolute atomic E-state index is 0.399. The van der Waals surface area contributed by atoms with Crippen molar-refractivity contribution in [1.82, 2.24) is 4.98 Å². The number of carboxylic acids is 1. The molecule has 1 aromatic heterocycles. The molecule has 0 fully saturated rings. The summed E-state index contributed by atoms with van der Waals surface area (Å²) in [5.41, 5.74) is -0.202. The topological polar surface area (TPSA) is 101 Å². The summed E-state index contributed by atoms with van der Waals surface area (Å²) in [5, 5.41) is 14.3. The third-order valence-electron chi connectivity index (χ3n) is 2.92. The number of ether oxygens (including phenoxy) is 1. The Balaban J connectivity index is 1.95. The van der Waals surface area contributed by atoms with Crippen LogP contribution in [-0.2, 0) is 4.79 Å². The smallest absolute Gasteiger partial charge is 0.347 e. The predicted octanol–water partition coefficient (Wildman–Crippen LogP) is 2.97. The summed E-state index contributed by atoms with van der Waals surface area (Å²) >= 11 is 0. The second-order valence-electron chi connectivity index (χ2n) is 5.26. The summed E-state index contributed by atoms with van der Waals surface area (Å²) in [7, 11) is 0. The standard InChI is InChI=1S/C16H17N3O4/c1-16(2,14(20)21)23-13-7-5-11(6-8-13)18-15(22)19-12-4-3-9-17-10-12/h3-10H,1-2H3,(H,20,21)(H2,18,19,22). The maximum Gasteiger partial charge on any atom is 0.347 e. The largest absolute Gasteiger partial charge is 0.478 e. The van der Waals surface area contributed by atoms with Crippen LogP contribution in [0, 0.1) is 0 Å². The van der Waals surface area contributed by atoms with Crippen LogP contribution in [0.3, 0.4) is 0 Å². The predicted molar refractivity (Wildman–Crippen MR) is 85.7 cm³/mol. The molecule has 0 radical (unpaired) electrons. The number of benzene rings is 1. The molecule has 7 nitrogen and oxygen atoms in total. The quantitative estimate of drug-likeness (QED) is 0.787. The number of aromatic nitrogens is 1. The van der Waals surface area contributed by atoms with E-state index in [1.54, 1.807) is 42.6 Å². The molecule has 2 aromatic rings. The lowest BCUT2D eigenvalue weighted by molar-refractivity contribution is -0.152. The van der Waals surface area contributed by atoms with Gasteiger partial charge in [0.2, 0.25) is 0 Å². The Labute approximate surface area is 133 Å². The first-order valence-corrected chi connectivity index (χ1v) is 6.87. The fourth-order valence-corrected chi connectivity index (χ4v) is 1.67. The van der Waals surface area contributed by atoms with Gasteiger partial charge in [0.15, 0.2) is 5.60 Å². The lowest BCUT2D eigenvalue weighted by atomic mass is 10.1. The molecule has 0 unspecified atom stereocenters. The molecule has 1 aromatic carbocycles. The van der Waals surface area contributed by atoms with E-state index in [4.69, 9.17) is 9.84 Å². The van der Waals surface area contributed by atoms with Crippen LogP contribution in [0.15, 0.2) is 48.8 Å². The highest BCUT2D eigenvalue weighted by Crippen LogP contribution is 2.21. The summed E-state index contributed by atoms with van der Waals surface area (Å²) in [6, 6.07) is 9.45. The molecule has 23 heavy (non-hydrogen) atoms. The van der Waals surface area contributed by atoms with E-state index in [1.807, 2.05) is 0 Å². The van der Waals surface area contributed by atoms with Gasteiger partial charge in [-0.25, -0.2) is 9.59 Å². The first-order chi connectivity index (χ1) is 10.9. The number of rotatable bonds is 5. The van der Waals surface area contributed by atoms with Crippen LogP contribution in [0.2, 0.25) is 0 Å². The number of amides is 2. The van der Waals surface area contributed by atoms with Gasteiger partial charge in [-0.2, -0.15) is 0 Å². The van der Waals surface area contributed by atoms with Crippen LogP contribution < -0.4 is 15.4 Å². The summed E-state index contributed by atoms with van der Waals surface area (Å²) in [6.45, 7) is 2.92. The average molecular weight is 315 g/mol. The van der Waals surface area contributed by atoms with Crippen molar-refractivity contribution in [2.24, 2.45) is 0 Å². The highest BCUT2D eigenvalue weighted by atomic mass is 16.5. The van der Waals surface area contributed by atoms with Gasteiger partial charge in [-0.05, 0) is 50.2 Å². The molecule has 7 heteroatoms. The van der Waals surface area contributed by atoms with E-state index in [2.05, 4.69) is 15.6 Å². The number of pyridine rings is 1. The van der Waals surface area contributed by atoms with E-state index >= 15 is 0 Å². The number of carbonyl (C=O) groups excluding carboxylic acids is 1. The first-order valence-electron chi connectivity index (χ1n) is 6.87. The van der Waals surface area contributed by atoms with Gasteiger partial charge in [-0.15, -0.1) is 0 Å². The molecule has 0 atom stereocenters. The Morgan fingerprint density at radius 3 is 2.30 bits per heavy atom. The van der Waals surface area contributed by atoms with E-state index in [0.29, 0.717) is 17.1 Å². The first kappa shape index (κ1) is 16.3. The van der Waals surface area contributed by atoms with Crippen molar-refractivity contribution < 1.29 is 19.4 Å². The summed E-state index contributed by atoms with van der Waals surface area (Å²) < 4.78 is 5.38. The zero-order valence-corrected chi connectivity index (χ0v) is 12.7. The summed E-state index contributed by atoms with van der Waals surface area (Å²) in [6.07, 6.45) is 3.14. The van der Waals surface area contributed by atoms with Crippen LogP contribution >= 0.6 is 0 Å². The van der Waals surface area contributed by atoms with Gasteiger partial charge >= 0.3 is 12.0 Å². The Morgan fingerprint density at radius 1 is 1.09 bits per heavy atom. The third kappa shape index (κ3) is 4.70. The van der Waals surface area contributed by atoms with Crippen LogP contribution in [-0.4, -0.2) is 27.7 Å². The van der Waals surface area contributed by atoms with Crippen molar-refractivity contribution in [1.29, 1.82) is 0 Å². The lowest BCUT2D eigenvalue weighted by Gasteiger charge is -2.21. The molecule has 3 N–H and O–H groups in total. The SMILES string of the molecule is CC(C)(Oc1ccc(NC(=O)Nc2cccnc2)cc1)C(=O)O. The van der Waals surface area contributed by atoms with Crippen molar-refractivity contribution >= 4 is 23.4 Å². The van der Waals surface area contributed by atoms with Gasteiger partial charge in [0, 0.05) is 11.9 Å². The zero-order valence-electron chi connectivity index (χ0n) is 12.7. The molecular formula is C16H17N3O4. The summed E-state index contributed by atoms with van der Waals surface area (Å²) in [4.78, 5) is 26.7. The minimum atomic E-state index is -1.33. The number of carboxylic acid groups (broad SMARTS) is 1. The number of hydrogen-bond acceptors (Lipinski definition) is 4. The second kappa shape index (κ2) is 6.78. The van der Waals surface area contributed by atoms with E-state index in [1.165, 1.54) is 20.0 Å². The van der Waals surface area contributed by atoms with Gasteiger partial charge in [-0.3, -0.25) is 4.98 Å². The Morgan fingerprint density at radius 2 is 1.74 bits per heavy atom. The van der Waals surface area contributed by atoms with E-state index in [9.17, 15) is 9.59 Å². The molecule has 120 valence electrons. The number of carbonyl (C=O) groups is 2. The van der Waals surface area contributed by atoms with Crippen LogP contribution in [0.4, 0.5) is 16.2 Å². The molecular weight excluding hydrogens is 298 g/mol. The van der Waals surface area contributed by atoms with Gasteiger partial charge in [0.05, 0.1) is 11.9 Å². The van der Waals surface area contributed by atoms with Crippen LogP contribution in [0.25, 0.3) is 0 Å². The van der Waals surface area contributed by atoms with Crippen LogP contribution in [0.1, 0.15) is 13.8 Å². The number of nitrogens with zero attached hydrogens (tertiary/aromatic N) is 1. The second-order valence-corrected chi connectivity index (χ2v) is 5.26. The molecule has 0 aliphatic heterocycles. The molecule has 0 saturated carbocycles. The van der Waals surface area contributed by atoms with E-state index < -0.39 is 17.6 Å². The number of hydrogen-bond donors (Lipinski definition) is 3. The van der Waals surface area contributed by atoms with Gasteiger partial charge in [0.25, 0.3) is 0 Å². The van der Waals surface area contributed by atoms with E-state index in [-0.39, 0.29) is 0 Å².